The highest BCUT2D eigenvalue weighted by Crippen LogP contribution is 2.49. The Labute approximate surface area is 242 Å². The van der Waals surface area contributed by atoms with Gasteiger partial charge in [-0.1, -0.05) is 6.07 Å². The molecule has 2 aromatic carbocycles. The van der Waals surface area contributed by atoms with Crippen LogP contribution in [0.2, 0.25) is 0 Å². The molecule has 1 amide bonds. The number of rotatable bonds is 5. The molecule has 0 unspecified atom stereocenters. The number of nitrogens with zero attached hydrogens (tertiary/aromatic N) is 2. The molecule has 0 aliphatic carbocycles. The lowest BCUT2D eigenvalue weighted by Gasteiger charge is -2.31. The average molecular weight is 612 g/mol. The fourth-order valence-corrected chi connectivity index (χ4v) is 6.80. The minimum absolute atomic E-state index is 0.00604. The summed E-state index contributed by atoms with van der Waals surface area (Å²) in [5.74, 6) is -1.31. The number of amides is 1. The Morgan fingerprint density at radius 2 is 1.52 bits per heavy atom. The van der Waals surface area contributed by atoms with Gasteiger partial charge in [0.1, 0.15) is 11.9 Å². The number of anilines is 1. The Balaban J connectivity index is 1.90. The molecule has 4 nitrogen and oxygen atoms in total. The van der Waals surface area contributed by atoms with Gasteiger partial charge in [-0.05, 0) is 99.6 Å². The van der Waals surface area contributed by atoms with Gasteiger partial charge in [0.2, 0.25) is 5.91 Å². The average Bonchev–Trinajstić information content (AvgIpc) is 3.30. The van der Waals surface area contributed by atoms with Crippen LogP contribution < -0.4 is 10.2 Å². The maximum atomic E-state index is 14.1. The second-order valence-corrected chi connectivity index (χ2v) is 12.0. The molecule has 0 atom stereocenters. The molecule has 3 aromatic rings. The molecule has 224 valence electrons. The Bertz CT molecular complexity index is 1510. The van der Waals surface area contributed by atoms with E-state index in [2.05, 4.69) is 11.4 Å². The van der Waals surface area contributed by atoms with Crippen LogP contribution in [0.4, 0.5) is 36.4 Å². The van der Waals surface area contributed by atoms with Crippen molar-refractivity contribution in [2.75, 3.05) is 25.0 Å². The van der Waals surface area contributed by atoms with Crippen LogP contribution in [0.15, 0.2) is 36.4 Å². The summed E-state index contributed by atoms with van der Waals surface area (Å²) in [6.45, 7) is 5.59. The predicted molar refractivity (Wildman–Crippen MR) is 147 cm³/mol. The summed E-state index contributed by atoms with van der Waals surface area (Å²) in [6.07, 6.45) is -8.72. The van der Waals surface area contributed by atoms with Gasteiger partial charge in [-0.25, -0.2) is 4.39 Å². The summed E-state index contributed by atoms with van der Waals surface area (Å²) in [6, 6.07) is 7.38. The van der Waals surface area contributed by atoms with Gasteiger partial charge in [-0.15, -0.1) is 11.3 Å². The zero-order chi connectivity index (χ0) is 31.2. The number of piperidine rings is 1. The first kappa shape index (κ1) is 31.5. The van der Waals surface area contributed by atoms with Crippen molar-refractivity contribution in [3.63, 3.8) is 0 Å². The molecule has 1 N–H and O–H groups in total. The highest BCUT2D eigenvalue weighted by atomic mass is 32.1. The summed E-state index contributed by atoms with van der Waals surface area (Å²) in [5, 5.41) is 13.6. The number of alkyl halides is 6. The number of likely N-dealkylation sites (N-methyl/N-ethyl adjacent to an activating group) is 1. The number of nitrogens with one attached hydrogen (secondary N) is 1. The van der Waals surface area contributed by atoms with E-state index in [9.17, 15) is 40.8 Å². The molecule has 1 aliphatic rings. The molecule has 4 rings (SSSR count). The summed E-state index contributed by atoms with van der Waals surface area (Å²) in [4.78, 5) is 16.4. The quantitative estimate of drug-likeness (QED) is 0.296. The minimum atomic E-state index is -5.08. The molecule has 0 spiro atoms. The number of nitriles is 1. The molecule has 1 saturated heterocycles. The van der Waals surface area contributed by atoms with E-state index in [0.29, 0.717) is 41.2 Å². The molecule has 0 radical (unpaired) electrons. The van der Waals surface area contributed by atoms with Crippen molar-refractivity contribution in [1.29, 1.82) is 5.26 Å². The lowest BCUT2D eigenvalue weighted by molar-refractivity contribution is -0.143. The van der Waals surface area contributed by atoms with Crippen molar-refractivity contribution in [1.82, 2.24) is 5.32 Å². The van der Waals surface area contributed by atoms with Gasteiger partial charge >= 0.3 is 12.4 Å². The maximum absolute atomic E-state index is 14.1. The number of carbonyl (C=O) groups excluding carboxylic acids is 1. The zero-order valence-electron chi connectivity index (χ0n) is 23.2. The van der Waals surface area contributed by atoms with Crippen molar-refractivity contribution in [2.45, 2.75) is 57.3 Å². The van der Waals surface area contributed by atoms with Gasteiger partial charge in [-0.3, -0.25) is 4.79 Å². The number of aryl methyl sites for hydroxylation is 1. The van der Waals surface area contributed by atoms with E-state index in [-0.39, 0.29) is 23.2 Å². The van der Waals surface area contributed by atoms with Crippen molar-refractivity contribution in [2.24, 2.45) is 0 Å². The van der Waals surface area contributed by atoms with Crippen LogP contribution in [0.5, 0.6) is 0 Å². The fraction of sp³-hybridized carbons (Fsp3) is 0.400. The second kappa shape index (κ2) is 11.3. The summed E-state index contributed by atoms with van der Waals surface area (Å²) in [5.41, 5.74) is -3.91. The van der Waals surface area contributed by atoms with Crippen LogP contribution in [0.25, 0.3) is 10.4 Å². The Morgan fingerprint density at radius 1 is 0.976 bits per heavy atom. The van der Waals surface area contributed by atoms with Gasteiger partial charge in [0.05, 0.1) is 32.7 Å². The monoisotopic (exact) mass is 611 g/mol. The topological polar surface area (TPSA) is 56.1 Å². The SMILES string of the molecule is Cc1cc(F)ccc1-c1sc(C2CCNCC2)c(C#N)c1N(C)C(=O)C(C)(C)c1cc(C(F)(F)F)cc(C(F)(F)F)c1. The second-order valence-electron chi connectivity index (χ2n) is 10.9. The van der Waals surface area contributed by atoms with E-state index in [1.54, 1.807) is 6.92 Å². The molecule has 12 heteroatoms. The van der Waals surface area contributed by atoms with E-state index in [4.69, 9.17) is 0 Å². The van der Waals surface area contributed by atoms with Crippen molar-refractivity contribution < 1.29 is 35.5 Å². The van der Waals surface area contributed by atoms with E-state index < -0.39 is 46.2 Å². The zero-order valence-corrected chi connectivity index (χ0v) is 24.0. The van der Waals surface area contributed by atoms with E-state index in [1.807, 2.05) is 0 Å². The third-order valence-electron chi connectivity index (χ3n) is 7.65. The molecular weight excluding hydrogens is 583 g/mol. The largest absolute Gasteiger partial charge is 0.416 e. The smallest absolute Gasteiger partial charge is 0.317 e. The molecule has 2 heterocycles. The van der Waals surface area contributed by atoms with Crippen molar-refractivity contribution in [3.8, 4) is 16.5 Å². The predicted octanol–water partition coefficient (Wildman–Crippen LogP) is 8.18. The number of carbonyl (C=O) groups is 1. The first-order valence-electron chi connectivity index (χ1n) is 13.1. The number of halogens is 7. The Hall–Kier alpha value is -3.43. The summed E-state index contributed by atoms with van der Waals surface area (Å²) >= 11 is 1.29. The van der Waals surface area contributed by atoms with E-state index in [0.717, 1.165) is 22.6 Å². The van der Waals surface area contributed by atoms with Crippen LogP contribution in [0, 0.1) is 24.1 Å². The lowest BCUT2D eigenvalue weighted by atomic mass is 9.81. The van der Waals surface area contributed by atoms with Gasteiger partial charge in [0, 0.05) is 11.9 Å². The van der Waals surface area contributed by atoms with Gasteiger partial charge in [0.25, 0.3) is 0 Å². The molecule has 42 heavy (non-hydrogen) atoms. The molecule has 1 fully saturated rings. The van der Waals surface area contributed by atoms with E-state index in [1.165, 1.54) is 50.4 Å². The lowest BCUT2D eigenvalue weighted by Crippen LogP contribution is -2.42. The van der Waals surface area contributed by atoms with Gasteiger partial charge in [-0.2, -0.15) is 31.6 Å². The number of benzene rings is 2. The van der Waals surface area contributed by atoms with E-state index >= 15 is 0 Å². The first-order valence-corrected chi connectivity index (χ1v) is 13.9. The van der Waals surface area contributed by atoms with Crippen LogP contribution in [0.3, 0.4) is 0 Å². The summed E-state index contributed by atoms with van der Waals surface area (Å²) in [7, 11) is 1.35. The van der Waals surface area contributed by atoms with Crippen LogP contribution in [0.1, 0.15) is 65.3 Å². The third-order valence-corrected chi connectivity index (χ3v) is 9.02. The van der Waals surface area contributed by atoms with Crippen LogP contribution >= 0.6 is 11.3 Å². The fourth-order valence-electron chi connectivity index (χ4n) is 5.26. The summed E-state index contributed by atoms with van der Waals surface area (Å²) < 4.78 is 95.6. The Morgan fingerprint density at radius 3 is 2.02 bits per heavy atom. The van der Waals surface area contributed by atoms with Crippen molar-refractivity contribution >= 4 is 22.9 Å². The highest BCUT2D eigenvalue weighted by molar-refractivity contribution is 7.16. The normalized spacial score (nSPS) is 15.0. The standard InChI is InChI=1S/C30H28F7N3OS/c1-16-11-21(31)5-6-22(16)26-24(23(15-38)25(42-26)17-7-9-39-10-8-17)40(4)27(41)28(2,3)18-12-19(29(32,33)34)14-20(13-18)30(35,36)37/h5-6,11-14,17,39H,7-10H2,1-4H3. The van der Waals surface area contributed by atoms with Crippen molar-refractivity contribution in [3.05, 3.63) is 74.9 Å². The third kappa shape index (κ3) is 6.03. The minimum Gasteiger partial charge on any atom is -0.317 e. The van der Waals surface area contributed by atoms with Crippen LogP contribution in [-0.2, 0) is 22.6 Å². The molecule has 1 aromatic heterocycles. The van der Waals surface area contributed by atoms with Crippen LogP contribution in [-0.4, -0.2) is 26.0 Å². The number of thiophene rings is 1. The maximum Gasteiger partial charge on any atom is 0.416 e. The van der Waals surface area contributed by atoms with Gasteiger partial charge < -0.3 is 10.2 Å². The highest BCUT2D eigenvalue weighted by Gasteiger charge is 2.42. The van der Waals surface area contributed by atoms with Gasteiger partial charge in [0.15, 0.2) is 0 Å². The number of hydrogen-bond acceptors (Lipinski definition) is 4. The molecule has 0 bridgehead atoms. The first-order chi connectivity index (χ1) is 19.5. The molecule has 0 saturated carbocycles. The molecular formula is C30H28F7N3OS. The molecule has 1 aliphatic heterocycles. The Kier molecular flexibility index (Phi) is 8.50. The number of hydrogen-bond donors (Lipinski definition) is 1.